The van der Waals surface area contributed by atoms with Crippen LogP contribution in [0.3, 0.4) is 0 Å². The van der Waals surface area contributed by atoms with Gasteiger partial charge in [-0.15, -0.1) is 0 Å². The van der Waals surface area contributed by atoms with Crippen LogP contribution in [0.2, 0.25) is 0 Å². The molecule has 0 aliphatic carbocycles. The molecule has 0 bridgehead atoms. The number of para-hydroxylation sites is 1. The summed E-state index contributed by atoms with van der Waals surface area (Å²) in [6.45, 7) is 2.49. The lowest BCUT2D eigenvalue weighted by atomic mass is 10.1. The van der Waals surface area contributed by atoms with Gasteiger partial charge in [-0.3, -0.25) is 0 Å². The number of anilines is 1. The Balaban J connectivity index is 1.87. The highest BCUT2D eigenvalue weighted by Gasteiger charge is 2.07. The summed E-state index contributed by atoms with van der Waals surface area (Å²) in [5.41, 5.74) is 2.16. The van der Waals surface area contributed by atoms with Crippen LogP contribution in [0.25, 0.3) is 0 Å². The number of hydrogen-bond acceptors (Lipinski definition) is 3. The Morgan fingerprint density at radius 2 is 1.78 bits per heavy atom. The normalized spacial score (nSPS) is 10.0. The third kappa shape index (κ3) is 5.24. The van der Waals surface area contributed by atoms with Crippen molar-refractivity contribution in [2.24, 2.45) is 0 Å². The fraction of sp³-hybridized carbons (Fsp3) is 0.176. The first-order valence-corrected chi connectivity index (χ1v) is 8.23. The molecule has 0 spiro atoms. The van der Waals surface area contributed by atoms with Crippen LogP contribution in [0, 0.1) is 3.57 Å². The molecule has 0 unspecified atom stereocenters. The number of hydrogen-bond donors (Lipinski definition) is 2. The zero-order valence-corrected chi connectivity index (χ0v) is 14.8. The number of rotatable bonds is 5. The Hall–Kier alpha value is -2.09. The second-order valence-electron chi connectivity index (χ2n) is 4.70. The van der Waals surface area contributed by atoms with Crippen LogP contribution < -0.4 is 10.6 Å². The van der Waals surface area contributed by atoms with Crippen LogP contribution in [0.1, 0.15) is 22.8 Å². The summed E-state index contributed by atoms with van der Waals surface area (Å²) in [7, 11) is 0. The van der Waals surface area contributed by atoms with Crippen molar-refractivity contribution in [1.29, 1.82) is 0 Å². The summed E-state index contributed by atoms with van der Waals surface area (Å²) < 4.78 is 5.90. The van der Waals surface area contributed by atoms with Gasteiger partial charge in [0.05, 0.1) is 17.9 Å². The topological polar surface area (TPSA) is 67.4 Å². The summed E-state index contributed by atoms with van der Waals surface area (Å²) >= 11 is 2.16. The van der Waals surface area contributed by atoms with Gasteiger partial charge in [0.2, 0.25) is 0 Å². The Labute approximate surface area is 148 Å². The van der Waals surface area contributed by atoms with Crippen molar-refractivity contribution < 1.29 is 14.3 Å². The monoisotopic (exact) mass is 424 g/mol. The molecule has 0 saturated heterocycles. The number of carbonyl (C=O) groups excluding carboxylic acids is 2. The molecule has 120 valence electrons. The molecule has 0 atom stereocenters. The van der Waals surface area contributed by atoms with E-state index in [1.807, 2.05) is 24.3 Å². The minimum Gasteiger partial charge on any atom is -0.462 e. The summed E-state index contributed by atoms with van der Waals surface area (Å²) in [6, 6.07) is 14.2. The van der Waals surface area contributed by atoms with Crippen LogP contribution in [0.5, 0.6) is 0 Å². The van der Waals surface area contributed by atoms with E-state index in [1.165, 1.54) is 0 Å². The maximum atomic E-state index is 11.9. The molecule has 0 fully saturated rings. The molecular formula is C17H17IN2O3. The van der Waals surface area contributed by atoms with Crippen LogP contribution in [-0.2, 0) is 11.3 Å². The standard InChI is InChI=1S/C17H17IN2O3/c1-2-23-16(21)13-9-7-12(8-10-13)11-19-17(22)20-15-6-4-3-5-14(15)18/h3-10H,2,11H2,1H3,(H2,19,20,22). The number of nitrogens with one attached hydrogen (secondary N) is 2. The average molecular weight is 424 g/mol. The van der Waals surface area contributed by atoms with Gasteiger partial charge in [0.15, 0.2) is 0 Å². The third-order valence-corrected chi connectivity index (χ3v) is 3.98. The Morgan fingerprint density at radius 3 is 2.43 bits per heavy atom. The molecule has 0 saturated carbocycles. The Bertz CT molecular complexity index is 686. The highest BCUT2D eigenvalue weighted by Crippen LogP contribution is 2.16. The van der Waals surface area contributed by atoms with E-state index in [0.29, 0.717) is 18.7 Å². The average Bonchev–Trinajstić information content (AvgIpc) is 2.56. The molecule has 2 N–H and O–H groups in total. The number of benzene rings is 2. The van der Waals surface area contributed by atoms with Gasteiger partial charge in [-0.1, -0.05) is 24.3 Å². The van der Waals surface area contributed by atoms with E-state index in [2.05, 4.69) is 33.2 Å². The van der Waals surface area contributed by atoms with Crippen LogP contribution in [0.15, 0.2) is 48.5 Å². The first kappa shape index (κ1) is 17.3. The molecule has 5 nitrogen and oxygen atoms in total. The van der Waals surface area contributed by atoms with Crippen LogP contribution in [0.4, 0.5) is 10.5 Å². The number of amides is 2. The predicted molar refractivity (Wildman–Crippen MR) is 97.4 cm³/mol. The van der Waals surface area contributed by atoms with Gasteiger partial charge >= 0.3 is 12.0 Å². The summed E-state index contributed by atoms with van der Waals surface area (Å²) in [5.74, 6) is -0.344. The van der Waals surface area contributed by atoms with Gasteiger partial charge in [-0.2, -0.15) is 0 Å². The highest BCUT2D eigenvalue weighted by atomic mass is 127. The van der Waals surface area contributed by atoms with Crippen molar-refractivity contribution in [2.75, 3.05) is 11.9 Å². The van der Waals surface area contributed by atoms with E-state index in [4.69, 9.17) is 4.74 Å². The molecule has 2 amide bonds. The lowest BCUT2D eigenvalue weighted by Crippen LogP contribution is -2.28. The molecule has 23 heavy (non-hydrogen) atoms. The first-order valence-electron chi connectivity index (χ1n) is 7.15. The fourth-order valence-electron chi connectivity index (χ4n) is 1.88. The van der Waals surface area contributed by atoms with E-state index in [9.17, 15) is 9.59 Å². The van der Waals surface area contributed by atoms with Gasteiger partial charge in [-0.05, 0) is 59.3 Å². The lowest BCUT2D eigenvalue weighted by molar-refractivity contribution is 0.0526. The van der Waals surface area contributed by atoms with Crippen molar-refractivity contribution in [1.82, 2.24) is 5.32 Å². The van der Waals surface area contributed by atoms with Crippen LogP contribution in [-0.4, -0.2) is 18.6 Å². The summed E-state index contributed by atoms with van der Waals surface area (Å²) in [5, 5.41) is 5.57. The quantitative estimate of drug-likeness (QED) is 0.567. The van der Waals surface area contributed by atoms with Gasteiger partial charge in [0.1, 0.15) is 0 Å². The second kappa shape index (κ2) is 8.52. The lowest BCUT2D eigenvalue weighted by Gasteiger charge is -2.09. The minimum absolute atomic E-state index is 0.274. The molecule has 2 aromatic rings. The van der Waals surface area contributed by atoms with Gasteiger partial charge in [-0.25, -0.2) is 9.59 Å². The van der Waals surface area contributed by atoms with Crippen molar-refractivity contribution in [3.63, 3.8) is 0 Å². The first-order chi connectivity index (χ1) is 11.1. The second-order valence-corrected chi connectivity index (χ2v) is 5.87. The molecule has 6 heteroatoms. The maximum Gasteiger partial charge on any atom is 0.338 e. The third-order valence-electron chi connectivity index (χ3n) is 3.04. The number of urea groups is 1. The van der Waals surface area contributed by atoms with E-state index in [1.54, 1.807) is 31.2 Å². The van der Waals surface area contributed by atoms with E-state index >= 15 is 0 Å². The Kier molecular flexibility index (Phi) is 6.40. The summed E-state index contributed by atoms with van der Waals surface area (Å²) in [4.78, 5) is 23.5. The molecule has 2 aromatic carbocycles. The van der Waals surface area contributed by atoms with Gasteiger partial charge in [0.25, 0.3) is 0 Å². The maximum absolute atomic E-state index is 11.9. The van der Waals surface area contributed by atoms with E-state index in [-0.39, 0.29) is 12.0 Å². The van der Waals surface area contributed by atoms with E-state index < -0.39 is 0 Å². The van der Waals surface area contributed by atoms with Crippen molar-refractivity contribution in [2.45, 2.75) is 13.5 Å². The van der Waals surface area contributed by atoms with Crippen LogP contribution >= 0.6 is 22.6 Å². The van der Waals surface area contributed by atoms with Crippen molar-refractivity contribution in [3.05, 3.63) is 63.2 Å². The fourth-order valence-corrected chi connectivity index (χ4v) is 2.41. The number of ether oxygens (including phenoxy) is 1. The minimum atomic E-state index is -0.344. The zero-order chi connectivity index (χ0) is 16.7. The smallest absolute Gasteiger partial charge is 0.338 e. The van der Waals surface area contributed by atoms with Crippen molar-refractivity contribution in [3.8, 4) is 0 Å². The van der Waals surface area contributed by atoms with Gasteiger partial charge < -0.3 is 15.4 Å². The van der Waals surface area contributed by atoms with Crippen molar-refractivity contribution >= 4 is 40.3 Å². The number of halogens is 1. The van der Waals surface area contributed by atoms with Gasteiger partial charge in [0, 0.05) is 10.1 Å². The van der Waals surface area contributed by atoms with E-state index in [0.717, 1.165) is 14.8 Å². The molecule has 0 radical (unpaired) electrons. The molecular weight excluding hydrogens is 407 g/mol. The zero-order valence-electron chi connectivity index (χ0n) is 12.6. The largest absolute Gasteiger partial charge is 0.462 e. The highest BCUT2D eigenvalue weighted by molar-refractivity contribution is 14.1. The number of carbonyl (C=O) groups is 2. The molecule has 0 aliphatic heterocycles. The molecule has 0 heterocycles. The summed E-state index contributed by atoms with van der Waals surface area (Å²) in [6.07, 6.45) is 0. The number of esters is 1. The molecule has 2 rings (SSSR count). The molecule has 0 aliphatic rings. The predicted octanol–water partition coefficient (Wildman–Crippen LogP) is 3.79. The Morgan fingerprint density at radius 1 is 1.09 bits per heavy atom. The molecule has 0 aromatic heterocycles. The SMILES string of the molecule is CCOC(=O)c1ccc(CNC(=O)Nc2ccccc2I)cc1.